The fraction of sp³-hybridized carbons (Fsp3) is 0.200. The van der Waals surface area contributed by atoms with Crippen molar-refractivity contribution in [3.63, 3.8) is 0 Å². The molecular formula is C15H15Cl3N2. The van der Waals surface area contributed by atoms with Gasteiger partial charge < -0.3 is 0 Å². The van der Waals surface area contributed by atoms with E-state index in [4.69, 9.17) is 40.6 Å². The molecule has 2 nitrogen and oxygen atoms in total. The Balaban J connectivity index is 2.09. The number of hydrogen-bond acceptors (Lipinski definition) is 2. The molecule has 0 saturated carbocycles. The van der Waals surface area contributed by atoms with Crippen LogP contribution in [0.4, 0.5) is 0 Å². The Morgan fingerprint density at radius 1 is 0.950 bits per heavy atom. The molecule has 0 amide bonds. The Bertz CT molecular complexity index is 587. The number of halogens is 3. The highest BCUT2D eigenvalue weighted by molar-refractivity contribution is 6.35. The topological polar surface area (TPSA) is 38.0 Å². The van der Waals surface area contributed by atoms with Gasteiger partial charge >= 0.3 is 0 Å². The van der Waals surface area contributed by atoms with Crippen LogP contribution in [-0.2, 0) is 12.8 Å². The first-order valence-corrected chi connectivity index (χ1v) is 7.36. The third-order valence-corrected chi connectivity index (χ3v) is 3.91. The molecule has 2 aromatic rings. The first-order chi connectivity index (χ1) is 9.58. The van der Waals surface area contributed by atoms with Gasteiger partial charge in [-0.25, -0.2) is 0 Å². The molecule has 1 unspecified atom stereocenters. The molecule has 0 bridgehead atoms. The average molecular weight is 330 g/mol. The molecule has 0 fully saturated rings. The van der Waals surface area contributed by atoms with Crippen molar-refractivity contribution in [3.8, 4) is 0 Å². The number of nitrogens with two attached hydrogens (primary N) is 1. The summed E-state index contributed by atoms with van der Waals surface area (Å²) in [5, 5.41) is 2.01. The normalized spacial score (nSPS) is 12.4. The van der Waals surface area contributed by atoms with Crippen LogP contribution in [0.2, 0.25) is 15.1 Å². The predicted molar refractivity (Wildman–Crippen MR) is 86.4 cm³/mol. The van der Waals surface area contributed by atoms with Gasteiger partial charge in [0.15, 0.2) is 0 Å². The van der Waals surface area contributed by atoms with Gasteiger partial charge in [0, 0.05) is 21.1 Å². The molecule has 0 aliphatic rings. The molecule has 0 aliphatic heterocycles. The number of hydrazine groups is 1. The molecule has 3 N–H and O–H groups in total. The zero-order chi connectivity index (χ0) is 14.5. The zero-order valence-corrected chi connectivity index (χ0v) is 13.0. The van der Waals surface area contributed by atoms with Crippen LogP contribution in [0.25, 0.3) is 0 Å². The molecule has 1 atom stereocenters. The van der Waals surface area contributed by atoms with Gasteiger partial charge in [0.25, 0.3) is 0 Å². The van der Waals surface area contributed by atoms with Crippen molar-refractivity contribution in [1.29, 1.82) is 0 Å². The lowest BCUT2D eigenvalue weighted by Crippen LogP contribution is -2.38. The minimum atomic E-state index is 0.0761. The number of nitrogens with one attached hydrogen (secondary N) is 1. The highest BCUT2D eigenvalue weighted by atomic mass is 35.5. The zero-order valence-electron chi connectivity index (χ0n) is 10.7. The van der Waals surface area contributed by atoms with Crippen molar-refractivity contribution in [1.82, 2.24) is 5.43 Å². The van der Waals surface area contributed by atoms with E-state index in [1.807, 2.05) is 36.4 Å². The molecule has 5 heteroatoms. The largest absolute Gasteiger partial charge is 0.271 e. The van der Waals surface area contributed by atoms with E-state index in [1.54, 1.807) is 6.07 Å². The summed E-state index contributed by atoms with van der Waals surface area (Å²) in [6.07, 6.45) is 1.50. The summed E-state index contributed by atoms with van der Waals surface area (Å²) in [6, 6.07) is 13.3. The molecule has 0 radical (unpaired) electrons. The maximum atomic E-state index is 6.18. The van der Waals surface area contributed by atoms with Gasteiger partial charge in [0.2, 0.25) is 0 Å². The van der Waals surface area contributed by atoms with Crippen LogP contribution in [0.5, 0.6) is 0 Å². The highest BCUT2D eigenvalue weighted by Gasteiger charge is 2.11. The van der Waals surface area contributed by atoms with E-state index in [0.29, 0.717) is 10.0 Å². The van der Waals surface area contributed by atoms with E-state index in [0.717, 1.165) is 29.0 Å². The van der Waals surface area contributed by atoms with Gasteiger partial charge in [0.1, 0.15) is 0 Å². The van der Waals surface area contributed by atoms with E-state index in [1.165, 1.54) is 0 Å². The van der Waals surface area contributed by atoms with E-state index in [9.17, 15) is 0 Å². The van der Waals surface area contributed by atoms with Crippen LogP contribution in [0.1, 0.15) is 11.1 Å². The maximum Gasteiger partial charge on any atom is 0.0453 e. The summed E-state index contributed by atoms with van der Waals surface area (Å²) >= 11 is 18.1. The fourth-order valence-corrected chi connectivity index (χ4v) is 2.79. The smallest absolute Gasteiger partial charge is 0.0453 e. The SMILES string of the molecule is NNC(Cc1cccc(Cl)c1)Cc1ccc(Cl)cc1Cl. The van der Waals surface area contributed by atoms with Crippen molar-refractivity contribution in [2.75, 3.05) is 0 Å². The Labute approximate surface area is 133 Å². The van der Waals surface area contributed by atoms with Crippen LogP contribution < -0.4 is 11.3 Å². The summed E-state index contributed by atoms with van der Waals surface area (Å²) in [5.74, 6) is 5.63. The van der Waals surface area contributed by atoms with E-state index in [-0.39, 0.29) is 6.04 Å². The average Bonchev–Trinajstić information content (AvgIpc) is 2.41. The lowest BCUT2D eigenvalue weighted by atomic mass is 9.99. The van der Waals surface area contributed by atoms with Gasteiger partial charge in [-0.2, -0.15) is 0 Å². The third kappa shape index (κ3) is 4.37. The Kier molecular flexibility index (Phi) is 5.70. The van der Waals surface area contributed by atoms with Crippen LogP contribution in [0.3, 0.4) is 0 Å². The lowest BCUT2D eigenvalue weighted by molar-refractivity contribution is 0.522. The minimum absolute atomic E-state index is 0.0761. The second-order valence-electron chi connectivity index (χ2n) is 4.64. The second-order valence-corrected chi connectivity index (χ2v) is 5.92. The summed E-state index contributed by atoms with van der Waals surface area (Å²) in [4.78, 5) is 0. The molecule has 0 aliphatic carbocycles. The van der Waals surface area contributed by atoms with Gasteiger partial charge in [-0.05, 0) is 48.2 Å². The van der Waals surface area contributed by atoms with Crippen molar-refractivity contribution in [2.24, 2.45) is 5.84 Å². The summed E-state index contributed by atoms with van der Waals surface area (Å²) in [6.45, 7) is 0. The molecule has 2 rings (SSSR count). The van der Waals surface area contributed by atoms with Gasteiger partial charge in [-0.3, -0.25) is 11.3 Å². The lowest BCUT2D eigenvalue weighted by Gasteiger charge is -2.17. The monoisotopic (exact) mass is 328 g/mol. The third-order valence-electron chi connectivity index (χ3n) is 3.09. The second kappa shape index (κ2) is 7.30. The molecule has 20 heavy (non-hydrogen) atoms. The van der Waals surface area contributed by atoms with Crippen molar-refractivity contribution >= 4 is 34.8 Å². The standard InChI is InChI=1S/C15H15Cl3N2/c16-12-3-1-2-10(6-12)7-14(20-19)8-11-4-5-13(17)9-15(11)18/h1-6,9,14,20H,7-8,19H2. The fourth-order valence-electron chi connectivity index (χ4n) is 2.09. The van der Waals surface area contributed by atoms with E-state index < -0.39 is 0 Å². The molecule has 0 heterocycles. The van der Waals surface area contributed by atoms with Crippen molar-refractivity contribution in [3.05, 3.63) is 68.7 Å². The highest BCUT2D eigenvalue weighted by Crippen LogP contribution is 2.23. The predicted octanol–water partition coefficient (Wildman–Crippen LogP) is 4.26. The summed E-state index contributed by atoms with van der Waals surface area (Å²) in [7, 11) is 0. The molecule has 106 valence electrons. The molecular weight excluding hydrogens is 315 g/mol. The van der Waals surface area contributed by atoms with Gasteiger partial charge in [-0.15, -0.1) is 0 Å². The van der Waals surface area contributed by atoms with Gasteiger partial charge in [-0.1, -0.05) is 53.0 Å². The summed E-state index contributed by atoms with van der Waals surface area (Å²) in [5.41, 5.74) is 4.97. The first-order valence-electron chi connectivity index (χ1n) is 6.23. The molecule has 0 saturated heterocycles. The quantitative estimate of drug-likeness (QED) is 0.635. The van der Waals surface area contributed by atoms with E-state index >= 15 is 0 Å². The van der Waals surface area contributed by atoms with E-state index in [2.05, 4.69) is 5.43 Å². The minimum Gasteiger partial charge on any atom is -0.271 e. The molecule has 0 spiro atoms. The Morgan fingerprint density at radius 2 is 1.70 bits per heavy atom. The van der Waals surface area contributed by atoms with Gasteiger partial charge in [0.05, 0.1) is 0 Å². The molecule has 0 aromatic heterocycles. The Hall–Kier alpha value is -0.770. The van der Waals surface area contributed by atoms with Crippen LogP contribution >= 0.6 is 34.8 Å². The number of rotatable bonds is 5. The van der Waals surface area contributed by atoms with Crippen LogP contribution in [0, 0.1) is 0 Å². The Morgan fingerprint density at radius 3 is 2.35 bits per heavy atom. The molecule has 2 aromatic carbocycles. The maximum absolute atomic E-state index is 6.18. The number of hydrogen-bond donors (Lipinski definition) is 2. The van der Waals surface area contributed by atoms with Crippen molar-refractivity contribution < 1.29 is 0 Å². The van der Waals surface area contributed by atoms with Crippen LogP contribution in [0.15, 0.2) is 42.5 Å². The van der Waals surface area contributed by atoms with Crippen LogP contribution in [-0.4, -0.2) is 6.04 Å². The number of benzene rings is 2. The first kappa shape index (κ1) is 15.6. The summed E-state index contributed by atoms with van der Waals surface area (Å²) < 4.78 is 0. The van der Waals surface area contributed by atoms with Crippen molar-refractivity contribution in [2.45, 2.75) is 18.9 Å².